The van der Waals surface area contributed by atoms with Gasteiger partial charge in [0.25, 0.3) is 0 Å². The molecule has 2 aromatic heterocycles. The molecule has 5 heteroatoms. The molecule has 0 aliphatic heterocycles. The average Bonchev–Trinajstić information content (AvgIpc) is 3.32. The Hall–Kier alpha value is -2.89. The average molecular weight is 374 g/mol. The van der Waals surface area contributed by atoms with E-state index in [0.29, 0.717) is 0 Å². The maximum atomic E-state index is 6.09. The van der Waals surface area contributed by atoms with Gasteiger partial charge in [0, 0.05) is 23.7 Å². The third-order valence-electron chi connectivity index (χ3n) is 4.74. The Bertz CT molecular complexity index is 1000. The fourth-order valence-corrected chi connectivity index (χ4v) is 3.30. The molecule has 4 rings (SSSR count). The molecule has 2 aromatic carbocycles. The maximum Gasteiger partial charge on any atom is 0.156 e. The van der Waals surface area contributed by atoms with E-state index in [0.717, 1.165) is 59.7 Å². The van der Waals surface area contributed by atoms with Crippen LogP contribution in [0.2, 0.25) is 0 Å². The van der Waals surface area contributed by atoms with Gasteiger partial charge in [-0.25, -0.2) is 4.68 Å². The van der Waals surface area contributed by atoms with Crippen LogP contribution in [0.3, 0.4) is 0 Å². The number of hydrogen-bond donors (Lipinski definition) is 1. The number of aromatic nitrogens is 2. The van der Waals surface area contributed by atoms with Crippen LogP contribution in [0.15, 0.2) is 71.3 Å². The number of benzene rings is 2. The summed E-state index contributed by atoms with van der Waals surface area (Å²) in [7, 11) is 4.20. The third-order valence-corrected chi connectivity index (χ3v) is 4.74. The number of para-hydroxylation sites is 2. The van der Waals surface area contributed by atoms with E-state index in [9.17, 15) is 0 Å². The Morgan fingerprint density at radius 3 is 2.61 bits per heavy atom. The van der Waals surface area contributed by atoms with Gasteiger partial charge in [0.05, 0.1) is 5.69 Å². The van der Waals surface area contributed by atoms with Crippen molar-refractivity contribution in [2.45, 2.75) is 13.0 Å². The predicted octanol–water partition coefficient (Wildman–Crippen LogP) is 4.33. The third kappa shape index (κ3) is 4.16. The summed E-state index contributed by atoms with van der Waals surface area (Å²) in [6, 6.07) is 20.3. The molecule has 0 fully saturated rings. The van der Waals surface area contributed by atoms with E-state index in [4.69, 9.17) is 9.52 Å². The molecule has 0 atom stereocenters. The van der Waals surface area contributed by atoms with Gasteiger partial charge in [-0.15, -0.1) is 0 Å². The molecule has 0 saturated carbocycles. The highest BCUT2D eigenvalue weighted by Crippen LogP contribution is 2.29. The van der Waals surface area contributed by atoms with Crippen LogP contribution < -0.4 is 5.32 Å². The van der Waals surface area contributed by atoms with Crippen molar-refractivity contribution in [3.8, 4) is 17.1 Å². The lowest BCUT2D eigenvalue weighted by molar-refractivity contribution is 0.394. The molecule has 4 aromatic rings. The van der Waals surface area contributed by atoms with E-state index >= 15 is 0 Å². The second-order valence-electron chi connectivity index (χ2n) is 7.27. The zero-order valence-electron chi connectivity index (χ0n) is 16.4. The summed E-state index contributed by atoms with van der Waals surface area (Å²) in [5.41, 5.74) is 3.95. The molecule has 0 spiro atoms. The van der Waals surface area contributed by atoms with Crippen molar-refractivity contribution in [2.24, 2.45) is 0 Å². The van der Waals surface area contributed by atoms with Crippen LogP contribution in [0.1, 0.15) is 12.0 Å². The van der Waals surface area contributed by atoms with E-state index < -0.39 is 0 Å². The van der Waals surface area contributed by atoms with Gasteiger partial charge >= 0.3 is 0 Å². The van der Waals surface area contributed by atoms with Crippen LogP contribution in [0.25, 0.3) is 28.1 Å². The van der Waals surface area contributed by atoms with Gasteiger partial charge in [-0.3, -0.25) is 0 Å². The van der Waals surface area contributed by atoms with Gasteiger partial charge in [0.15, 0.2) is 5.76 Å². The Morgan fingerprint density at radius 1 is 1.04 bits per heavy atom. The summed E-state index contributed by atoms with van der Waals surface area (Å²) in [5, 5.41) is 9.49. The first-order valence-electron chi connectivity index (χ1n) is 9.69. The quantitative estimate of drug-likeness (QED) is 0.467. The molecule has 0 radical (unpaired) electrons. The summed E-state index contributed by atoms with van der Waals surface area (Å²) in [6.07, 6.45) is 3.20. The topological polar surface area (TPSA) is 46.2 Å². The number of hydrogen-bond acceptors (Lipinski definition) is 4. The van der Waals surface area contributed by atoms with Gasteiger partial charge in [-0.2, -0.15) is 5.10 Å². The number of rotatable bonds is 8. The minimum atomic E-state index is 0.757. The van der Waals surface area contributed by atoms with Crippen molar-refractivity contribution in [1.82, 2.24) is 20.0 Å². The maximum absolute atomic E-state index is 6.09. The SMILES string of the molecule is CN(C)CCCNCc1cn(-c2ccccc2)nc1-c1cc2ccccc2o1. The first kappa shape index (κ1) is 18.5. The zero-order chi connectivity index (χ0) is 19.3. The van der Waals surface area contributed by atoms with Crippen LogP contribution in [-0.2, 0) is 6.54 Å². The van der Waals surface area contributed by atoms with Gasteiger partial charge in [-0.1, -0.05) is 36.4 Å². The first-order chi connectivity index (χ1) is 13.7. The summed E-state index contributed by atoms with van der Waals surface area (Å²) in [6.45, 7) is 2.80. The van der Waals surface area contributed by atoms with Crippen molar-refractivity contribution >= 4 is 11.0 Å². The molecule has 0 saturated heterocycles. The molecule has 0 unspecified atom stereocenters. The van der Waals surface area contributed by atoms with Crippen LogP contribution in [0.4, 0.5) is 0 Å². The molecule has 0 amide bonds. The van der Waals surface area contributed by atoms with Gasteiger partial charge in [0.1, 0.15) is 11.3 Å². The highest BCUT2D eigenvalue weighted by molar-refractivity contribution is 5.82. The number of furan rings is 1. The fourth-order valence-electron chi connectivity index (χ4n) is 3.30. The molecule has 1 N–H and O–H groups in total. The van der Waals surface area contributed by atoms with Gasteiger partial charge < -0.3 is 14.6 Å². The number of fused-ring (bicyclic) bond motifs is 1. The Kier molecular flexibility index (Phi) is 5.55. The lowest BCUT2D eigenvalue weighted by Gasteiger charge is -2.09. The summed E-state index contributed by atoms with van der Waals surface area (Å²) in [5.74, 6) is 0.806. The van der Waals surface area contributed by atoms with Crippen LogP contribution in [-0.4, -0.2) is 41.9 Å². The second kappa shape index (κ2) is 8.42. The van der Waals surface area contributed by atoms with Crippen LogP contribution in [0, 0.1) is 0 Å². The Balaban J connectivity index is 1.62. The molecule has 0 bridgehead atoms. The summed E-state index contributed by atoms with van der Waals surface area (Å²) < 4.78 is 8.02. The lowest BCUT2D eigenvalue weighted by Crippen LogP contribution is -2.21. The molecule has 0 aliphatic carbocycles. The van der Waals surface area contributed by atoms with E-state index in [1.54, 1.807) is 0 Å². The van der Waals surface area contributed by atoms with Gasteiger partial charge in [-0.05, 0) is 57.9 Å². The zero-order valence-corrected chi connectivity index (χ0v) is 16.4. The summed E-state index contributed by atoms with van der Waals surface area (Å²) >= 11 is 0. The van der Waals surface area contributed by atoms with Crippen LogP contribution >= 0.6 is 0 Å². The van der Waals surface area contributed by atoms with E-state index in [2.05, 4.69) is 54.8 Å². The molecular formula is C23H26N4O. The van der Waals surface area contributed by atoms with Crippen molar-refractivity contribution in [2.75, 3.05) is 27.2 Å². The van der Waals surface area contributed by atoms with Crippen LogP contribution in [0.5, 0.6) is 0 Å². The van der Waals surface area contributed by atoms with Crippen molar-refractivity contribution in [3.05, 3.63) is 72.4 Å². The van der Waals surface area contributed by atoms with Crippen molar-refractivity contribution in [1.29, 1.82) is 0 Å². The second-order valence-corrected chi connectivity index (χ2v) is 7.27. The molecule has 144 valence electrons. The van der Waals surface area contributed by atoms with E-state index in [1.165, 1.54) is 0 Å². The molecule has 2 heterocycles. The Morgan fingerprint density at radius 2 is 1.82 bits per heavy atom. The highest BCUT2D eigenvalue weighted by atomic mass is 16.3. The fraction of sp³-hybridized carbons (Fsp3) is 0.261. The molecular weight excluding hydrogens is 348 g/mol. The molecule has 0 aliphatic rings. The smallest absolute Gasteiger partial charge is 0.156 e. The van der Waals surface area contributed by atoms with Crippen molar-refractivity contribution < 1.29 is 4.42 Å². The minimum absolute atomic E-state index is 0.757. The largest absolute Gasteiger partial charge is 0.454 e. The lowest BCUT2D eigenvalue weighted by atomic mass is 10.2. The minimum Gasteiger partial charge on any atom is -0.454 e. The number of nitrogens with one attached hydrogen (secondary N) is 1. The molecule has 28 heavy (non-hydrogen) atoms. The number of nitrogens with zero attached hydrogens (tertiary/aromatic N) is 3. The monoisotopic (exact) mass is 374 g/mol. The Labute approximate surface area is 165 Å². The summed E-state index contributed by atoms with van der Waals surface area (Å²) in [4.78, 5) is 2.20. The van der Waals surface area contributed by atoms with Gasteiger partial charge in [0.2, 0.25) is 0 Å². The van der Waals surface area contributed by atoms with Crippen molar-refractivity contribution in [3.63, 3.8) is 0 Å². The predicted molar refractivity (Wildman–Crippen MR) is 114 cm³/mol. The molecule has 5 nitrogen and oxygen atoms in total. The standard InChI is InChI=1S/C23H26N4O/c1-26(2)14-8-13-24-16-19-17-27(20-10-4-3-5-11-20)25-23(19)22-15-18-9-6-7-12-21(18)28-22/h3-7,9-12,15,17,24H,8,13-14,16H2,1-2H3. The normalized spacial score (nSPS) is 11.5. The highest BCUT2D eigenvalue weighted by Gasteiger charge is 2.16. The van der Waals surface area contributed by atoms with E-state index in [1.807, 2.05) is 41.1 Å². The first-order valence-corrected chi connectivity index (χ1v) is 9.69. The van der Waals surface area contributed by atoms with E-state index in [-0.39, 0.29) is 0 Å².